The minimum absolute atomic E-state index is 0.286. The van der Waals surface area contributed by atoms with Gasteiger partial charge >= 0.3 is 15.6 Å². The van der Waals surface area contributed by atoms with Gasteiger partial charge in [0.2, 0.25) is 0 Å². The van der Waals surface area contributed by atoms with Gasteiger partial charge in [-0.25, -0.2) is 0 Å². The summed E-state index contributed by atoms with van der Waals surface area (Å²) in [6.45, 7) is 0. The van der Waals surface area contributed by atoms with Crippen molar-refractivity contribution in [1.29, 1.82) is 0 Å². The molecule has 0 amide bonds. The second-order valence-electron chi connectivity index (χ2n) is 11.1. The van der Waals surface area contributed by atoms with E-state index in [1.807, 2.05) is 0 Å². The van der Waals surface area contributed by atoms with Crippen molar-refractivity contribution >= 4 is 10.1 Å². The van der Waals surface area contributed by atoms with Crippen molar-refractivity contribution in [2.45, 2.75) is 87.8 Å². The van der Waals surface area contributed by atoms with Crippen molar-refractivity contribution in [1.82, 2.24) is 0 Å². The summed E-state index contributed by atoms with van der Waals surface area (Å²) in [5.41, 5.74) is -5.43. The molecule has 4 aliphatic rings. The molecule has 0 radical (unpaired) electrons. The van der Waals surface area contributed by atoms with Gasteiger partial charge in [0.05, 0.1) is 11.7 Å². The molecule has 0 aromatic heterocycles. The van der Waals surface area contributed by atoms with Crippen molar-refractivity contribution < 1.29 is 36.0 Å². The van der Waals surface area contributed by atoms with Crippen LogP contribution >= 0.6 is 0 Å². The molecule has 0 bridgehead atoms. The highest BCUT2D eigenvalue weighted by Crippen LogP contribution is 2.64. The Morgan fingerprint density at radius 1 is 0.912 bits per heavy atom. The third kappa shape index (κ3) is 3.95. The number of aliphatic hydroxyl groups excluding tert-OH is 1. The first-order valence-corrected chi connectivity index (χ1v) is 13.9. The zero-order valence-corrected chi connectivity index (χ0v) is 20.0. The average molecular weight is 503 g/mol. The van der Waals surface area contributed by atoms with E-state index in [9.17, 15) is 31.8 Å². The Kier molecular flexibility index (Phi) is 6.00. The zero-order chi connectivity index (χ0) is 24.4. The lowest BCUT2D eigenvalue weighted by Gasteiger charge is -2.58. The number of halogens is 3. The maximum absolute atomic E-state index is 12.6. The Balaban J connectivity index is 1.35. The molecule has 2 N–H and O–H groups in total. The van der Waals surface area contributed by atoms with Crippen LogP contribution in [0, 0.1) is 29.1 Å². The normalized spacial score (nSPS) is 40.2. The van der Waals surface area contributed by atoms with E-state index in [0.717, 1.165) is 63.4 Å². The third-order valence-electron chi connectivity index (χ3n) is 9.60. The second kappa shape index (κ2) is 8.37. The van der Waals surface area contributed by atoms with E-state index in [4.69, 9.17) is 0 Å². The van der Waals surface area contributed by atoms with Gasteiger partial charge in [-0.3, -0.25) is 0 Å². The van der Waals surface area contributed by atoms with Crippen LogP contribution in [0.25, 0.3) is 0 Å². The van der Waals surface area contributed by atoms with E-state index in [1.165, 1.54) is 18.6 Å². The van der Waals surface area contributed by atoms with Gasteiger partial charge in [-0.2, -0.15) is 21.6 Å². The van der Waals surface area contributed by atoms with Crippen LogP contribution in [0.5, 0.6) is 5.75 Å². The predicted octanol–water partition coefficient (Wildman–Crippen LogP) is 4.96. The van der Waals surface area contributed by atoms with Gasteiger partial charge < -0.3 is 14.4 Å². The van der Waals surface area contributed by atoms with E-state index in [0.29, 0.717) is 30.1 Å². The highest BCUT2D eigenvalue weighted by molar-refractivity contribution is 7.88. The monoisotopic (exact) mass is 502 g/mol. The Morgan fingerprint density at radius 2 is 1.59 bits per heavy atom. The van der Waals surface area contributed by atoms with Crippen LogP contribution in [0.1, 0.15) is 69.8 Å². The lowest BCUT2D eigenvalue weighted by atomic mass is 9.48. The molecule has 190 valence electrons. The van der Waals surface area contributed by atoms with Gasteiger partial charge in [0, 0.05) is 5.41 Å². The van der Waals surface area contributed by atoms with Gasteiger partial charge in [-0.05, 0) is 99.2 Å². The van der Waals surface area contributed by atoms with Gasteiger partial charge in [-0.15, -0.1) is 0 Å². The van der Waals surface area contributed by atoms with Gasteiger partial charge in [0.1, 0.15) is 5.75 Å². The quantitative estimate of drug-likeness (QED) is 0.449. The fourth-order valence-electron chi connectivity index (χ4n) is 8.16. The minimum Gasteiger partial charge on any atom is -0.393 e. The molecule has 0 saturated heterocycles. The minimum atomic E-state index is -5.70. The van der Waals surface area contributed by atoms with Crippen molar-refractivity contribution in [2.24, 2.45) is 29.1 Å². The highest BCUT2D eigenvalue weighted by atomic mass is 32.2. The molecule has 0 aliphatic heterocycles. The maximum Gasteiger partial charge on any atom is 0.534 e. The van der Waals surface area contributed by atoms with Crippen molar-refractivity contribution in [3.8, 4) is 5.75 Å². The fourth-order valence-corrected chi connectivity index (χ4v) is 8.62. The van der Waals surface area contributed by atoms with Crippen LogP contribution in [0.15, 0.2) is 24.3 Å². The number of hydrogen-bond donors (Lipinski definition) is 2. The molecule has 4 fully saturated rings. The Morgan fingerprint density at radius 3 is 2.29 bits per heavy atom. The van der Waals surface area contributed by atoms with E-state index in [-0.39, 0.29) is 11.2 Å². The molecule has 0 spiro atoms. The fraction of sp³-hybridized carbons (Fsp3) is 0.760. The zero-order valence-electron chi connectivity index (χ0n) is 19.1. The molecule has 0 unspecified atom stereocenters. The highest BCUT2D eigenvalue weighted by Gasteiger charge is 2.60. The van der Waals surface area contributed by atoms with Gasteiger partial charge in [0.15, 0.2) is 0 Å². The largest absolute Gasteiger partial charge is 0.534 e. The first-order valence-electron chi connectivity index (χ1n) is 12.5. The molecule has 1 aromatic rings. The molecule has 4 saturated carbocycles. The molecule has 4 aliphatic carbocycles. The number of benzene rings is 1. The summed E-state index contributed by atoms with van der Waals surface area (Å²) in [7, 11) is -5.70. The summed E-state index contributed by atoms with van der Waals surface area (Å²) < 4.78 is 64.6. The van der Waals surface area contributed by atoms with Crippen molar-refractivity contribution in [2.75, 3.05) is 0 Å². The summed E-state index contributed by atoms with van der Waals surface area (Å²) in [6, 6.07) is 5.70. The smallest absolute Gasteiger partial charge is 0.393 e. The van der Waals surface area contributed by atoms with Gasteiger partial charge in [-0.1, -0.05) is 25.0 Å². The first-order chi connectivity index (χ1) is 16.0. The number of hydrogen-bond acceptors (Lipinski definition) is 5. The molecule has 1 aromatic carbocycles. The third-order valence-corrected chi connectivity index (χ3v) is 10.6. The van der Waals surface area contributed by atoms with Crippen LogP contribution in [0.3, 0.4) is 0 Å². The topological polar surface area (TPSA) is 83.8 Å². The Labute approximate surface area is 198 Å². The summed E-state index contributed by atoms with van der Waals surface area (Å²) in [5.74, 6) is 1.30. The lowest BCUT2D eigenvalue weighted by molar-refractivity contribution is -0.158. The number of alkyl halides is 3. The summed E-state index contributed by atoms with van der Waals surface area (Å²) in [6.07, 6.45) is 9.79. The molecule has 7 atom stereocenters. The van der Waals surface area contributed by atoms with E-state index >= 15 is 0 Å². The lowest BCUT2D eigenvalue weighted by Crippen LogP contribution is -2.56. The Bertz CT molecular complexity index is 1010. The summed E-state index contributed by atoms with van der Waals surface area (Å²) in [4.78, 5) is 0. The summed E-state index contributed by atoms with van der Waals surface area (Å²) in [5, 5.41) is 22.4. The molecule has 0 heterocycles. The van der Waals surface area contributed by atoms with Crippen LogP contribution in [0.4, 0.5) is 13.2 Å². The van der Waals surface area contributed by atoms with E-state index < -0.39 is 27.3 Å². The maximum atomic E-state index is 12.6. The molecule has 34 heavy (non-hydrogen) atoms. The average Bonchev–Trinajstić information content (AvgIpc) is 3.10. The van der Waals surface area contributed by atoms with E-state index in [2.05, 4.69) is 4.18 Å². The molecule has 9 heteroatoms. The van der Waals surface area contributed by atoms with Crippen LogP contribution < -0.4 is 4.18 Å². The Hall–Kier alpha value is -1.32. The number of fused-ring (bicyclic) bond motifs is 5. The van der Waals surface area contributed by atoms with Crippen LogP contribution in [-0.4, -0.2) is 35.8 Å². The molecule has 5 rings (SSSR count). The van der Waals surface area contributed by atoms with Gasteiger partial charge in [0.25, 0.3) is 0 Å². The molecular formula is C25H33F3O5S. The number of aliphatic hydroxyl groups is 2. The second-order valence-corrected chi connectivity index (χ2v) is 12.6. The standard InChI is InChI=1S/C25H33F3O5S/c26-25(27,28)34(31,32)33-17-6-4-16(5-7-17)15-23-13-10-19-18(20(23)8-9-22(23)29)11-14-24(30)12-2-1-3-21(19)24/h4-7,18-22,29-30H,1-3,8-15H2/t18-,19+,20-,21-,22-,23-,24+/m1/s1. The number of rotatable bonds is 4. The molecule has 5 nitrogen and oxygen atoms in total. The van der Waals surface area contributed by atoms with Crippen molar-refractivity contribution in [3.63, 3.8) is 0 Å². The van der Waals surface area contributed by atoms with Crippen LogP contribution in [-0.2, 0) is 16.5 Å². The summed E-state index contributed by atoms with van der Waals surface area (Å²) >= 11 is 0. The van der Waals surface area contributed by atoms with Crippen LogP contribution in [0.2, 0.25) is 0 Å². The molecular weight excluding hydrogens is 469 g/mol. The predicted molar refractivity (Wildman–Crippen MR) is 119 cm³/mol. The van der Waals surface area contributed by atoms with Crippen molar-refractivity contribution in [3.05, 3.63) is 29.8 Å². The first kappa shape index (κ1) is 24.4. The SMILES string of the molecule is O=S(=O)(Oc1ccc(C[C@]23CC[C@H]4[C@@H](CC[C@@]5(O)CCCC[C@H]45)[C@H]2CC[C@H]3O)cc1)C(F)(F)F. The van der Waals surface area contributed by atoms with E-state index in [1.54, 1.807) is 12.1 Å².